The van der Waals surface area contributed by atoms with Gasteiger partial charge in [-0.05, 0) is 44.4 Å². The van der Waals surface area contributed by atoms with Crippen LogP contribution in [0.5, 0.6) is 0 Å². The van der Waals surface area contributed by atoms with Crippen molar-refractivity contribution in [2.45, 2.75) is 64.8 Å². The topological polar surface area (TPSA) is 75.9 Å². The zero-order valence-electron chi connectivity index (χ0n) is 13.5. The standard InChI is InChI=1S/C16H27N5/c1-9-13(18-12(10-5-6-10)11-7-8-11)19-15(16(2,3)4)20-14(9)21-17/h10-12H,5-8,17H2,1-4H3,(H2,18,19,20,21). The molecule has 1 aromatic rings. The maximum absolute atomic E-state index is 5.64. The van der Waals surface area contributed by atoms with Crippen LogP contribution in [0.1, 0.15) is 57.8 Å². The molecule has 5 nitrogen and oxygen atoms in total. The Morgan fingerprint density at radius 3 is 2.00 bits per heavy atom. The summed E-state index contributed by atoms with van der Waals surface area (Å²) in [4.78, 5) is 9.36. The van der Waals surface area contributed by atoms with Crippen molar-refractivity contribution in [1.29, 1.82) is 0 Å². The number of aromatic nitrogens is 2. The minimum Gasteiger partial charge on any atom is -0.366 e. The number of nitrogens with zero attached hydrogens (tertiary/aromatic N) is 2. The maximum atomic E-state index is 5.64. The first-order valence-corrected chi connectivity index (χ1v) is 8.02. The van der Waals surface area contributed by atoms with Crippen LogP contribution in [0.2, 0.25) is 0 Å². The Morgan fingerprint density at radius 2 is 1.57 bits per heavy atom. The van der Waals surface area contributed by atoms with Gasteiger partial charge in [0, 0.05) is 17.0 Å². The minimum atomic E-state index is -0.0929. The monoisotopic (exact) mass is 289 g/mol. The number of nitrogens with one attached hydrogen (secondary N) is 2. The van der Waals surface area contributed by atoms with Gasteiger partial charge in [0.15, 0.2) is 0 Å². The molecule has 0 saturated heterocycles. The largest absolute Gasteiger partial charge is 0.366 e. The molecule has 0 unspecified atom stereocenters. The first kappa shape index (κ1) is 14.6. The highest BCUT2D eigenvalue weighted by Gasteiger charge is 2.42. The van der Waals surface area contributed by atoms with Gasteiger partial charge in [-0.25, -0.2) is 15.8 Å². The zero-order valence-corrected chi connectivity index (χ0v) is 13.5. The van der Waals surface area contributed by atoms with Crippen molar-refractivity contribution >= 4 is 11.6 Å². The van der Waals surface area contributed by atoms with Crippen molar-refractivity contribution in [1.82, 2.24) is 9.97 Å². The molecule has 1 heterocycles. The van der Waals surface area contributed by atoms with E-state index in [1.807, 2.05) is 6.92 Å². The molecular weight excluding hydrogens is 262 g/mol. The average molecular weight is 289 g/mol. The number of hydrazine groups is 1. The second-order valence-corrected chi connectivity index (χ2v) is 7.61. The van der Waals surface area contributed by atoms with Crippen LogP contribution < -0.4 is 16.6 Å². The Kier molecular flexibility index (Phi) is 3.56. The predicted octanol–water partition coefficient (Wildman–Crippen LogP) is 2.97. The Morgan fingerprint density at radius 1 is 1.05 bits per heavy atom. The van der Waals surface area contributed by atoms with Crippen LogP contribution in [-0.4, -0.2) is 16.0 Å². The van der Waals surface area contributed by atoms with Crippen molar-refractivity contribution in [2.24, 2.45) is 17.7 Å². The number of nitrogens with two attached hydrogens (primary N) is 1. The Bertz CT molecular complexity index is 514. The third kappa shape index (κ3) is 3.12. The van der Waals surface area contributed by atoms with Gasteiger partial charge in [-0.2, -0.15) is 0 Å². The van der Waals surface area contributed by atoms with Gasteiger partial charge in [0.25, 0.3) is 0 Å². The van der Waals surface area contributed by atoms with E-state index in [1.54, 1.807) is 0 Å². The summed E-state index contributed by atoms with van der Waals surface area (Å²) in [6.45, 7) is 8.41. The van der Waals surface area contributed by atoms with Gasteiger partial charge in [0.05, 0.1) is 0 Å². The lowest BCUT2D eigenvalue weighted by Crippen LogP contribution is -2.28. The van der Waals surface area contributed by atoms with Crippen molar-refractivity contribution in [3.8, 4) is 0 Å². The summed E-state index contributed by atoms with van der Waals surface area (Å²) < 4.78 is 0. The number of anilines is 2. The minimum absolute atomic E-state index is 0.0929. The summed E-state index contributed by atoms with van der Waals surface area (Å²) in [6.07, 6.45) is 5.41. The molecule has 0 aromatic carbocycles. The molecule has 4 N–H and O–H groups in total. The van der Waals surface area contributed by atoms with Crippen LogP contribution in [0, 0.1) is 18.8 Å². The first-order valence-electron chi connectivity index (χ1n) is 8.02. The van der Waals surface area contributed by atoms with E-state index >= 15 is 0 Å². The third-order valence-electron chi connectivity index (χ3n) is 4.52. The highest BCUT2D eigenvalue weighted by atomic mass is 15.3. The summed E-state index contributed by atoms with van der Waals surface area (Å²) in [5, 5.41) is 3.71. The molecule has 0 bridgehead atoms. The van der Waals surface area contributed by atoms with Gasteiger partial charge in [-0.15, -0.1) is 0 Å². The second-order valence-electron chi connectivity index (χ2n) is 7.61. The quantitative estimate of drug-likeness (QED) is 0.574. The highest BCUT2D eigenvalue weighted by Crippen LogP contribution is 2.46. The van der Waals surface area contributed by atoms with Gasteiger partial charge in [-0.1, -0.05) is 20.8 Å². The Balaban J connectivity index is 1.92. The van der Waals surface area contributed by atoms with E-state index in [4.69, 9.17) is 10.8 Å². The van der Waals surface area contributed by atoms with Gasteiger partial charge in [0.2, 0.25) is 0 Å². The molecule has 0 radical (unpaired) electrons. The van der Waals surface area contributed by atoms with E-state index < -0.39 is 0 Å². The van der Waals surface area contributed by atoms with Gasteiger partial charge in [-0.3, -0.25) is 0 Å². The van der Waals surface area contributed by atoms with E-state index in [9.17, 15) is 0 Å². The molecule has 2 aliphatic carbocycles. The SMILES string of the molecule is Cc1c(NN)nc(C(C)(C)C)nc1NC(C1CC1)C1CC1. The molecule has 0 aliphatic heterocycles. The Hall–Kier alpha value is -1.36. The Labute approximate surface area is 127 Å². The van der Waals surface area contributed by atoms with Crippen LogP contribution in [-0.2, 0) is 5.41 Å². The molecule has 2 saturated carbocycles. The number of nitrogen functional groups attached to an aromatic ring is 1. The lowest BCUT2D eigenvalue weighted by molar-refractivity contribution is 0.539. The summed E-state index contributed by atoms with van der Waals surface area (Å²) in [6, 6.07) is 0.581. The van der Waals surface area contributed by atoms with Crippen molar-refractivity contribution in [3.63, 3.8) is 0 Å². The van der Waals surface area contributed by atoms with Crippen molar-refractivity contribution in [3.05, 3.63) is 11.4 Å². The zero-order chi connectivity index (χ0) is 15.2. The third-order valence-corrected chi connectivity index (χ3v) is 4.52. The first-order chi connectivity index (χ1) is 9.90. The fourth-order valence-electron chi connectivity index (χ4n) is 2.82. The molecule has 2 aliphatic rings. The van der Waals surface area contributed by atoms with E-state index in [0.717, 1.165) is 34.9 Å². The molecule has 0 amide bonds. The molecular formula is C16H27N5. The number of rotatable bonds is 5. The average Bonchev–Trinajstić information content (AvgIpc) is 3.27. The summed E-state index contributed by atoms with van der Waals surface area (Å²) >= 11 is 0. The smallest absolute Gasteiger partial charge is 0.148 e. The molecule has 1 aromatic heterocycles. The van der Waals surface area contributed by atoms with Crippen LogP contribution in [0.3, 0.4) is 0 Å². The lowest BCUT2D eigenvalue weighted by atomic mass is 9.95. The van der Waals surface area contributed by atoms with Gasteiger partial charge >= 0.3 is 0 Å². The van der Waals surface area contributed by atoms with Crippen LogP contribution in [0.25, 0.3) is 0 Å². The van der Waals surface area contributed by atoms with Gasteiger partial charge < -0.3 is 10.7 Å². The number of hydrogen-bond acceptors (Lipinski definition) is 5. The van der Waals surface area contributed by atoms with Crippen LogP contribution in [0.4, 0.5) is 11.6 Å². The fraction of sp³-hybridized carbons (Fsp3) is 0.750. The molecule has 5 heteroatoms. The lowest BCUT2D eigenvalue weighted by Gasteiger charge is -2.24. The molecule has 0 spiro atoms. The summed E-state index contributed by atoms with van der Waals surface area (Å²) in [5.74, 6) is 9.81. The maximum Gasteiger partial charge on any atom is 0.148 e. The second kappa shape index (κ2) is 5.13. The molecule has 21 heavy (non-hydrogen) atoms. The highest BCUT2D eigenvalue weighted by molar-refractivity contribution is 5.57. The van der Waals surface area contributed by atoms with Crippen molar-refractivity contribution in [2.75, 3.05) is 10.7 Å². The molecule has 116 valence electrons. The van der Waals surface area contributed by atoms with E-state index in [0.29, 0.717) is 6.04 Å². The predicted molar refractivity (Wildman–Crippen MR) is 86.1 cm³/mol. The molecule has 2 fully saturated rings. The normalized spacial score (nSPS) is 19.0. The van der Waals surface area contributed by atoms with Crippen LogP contribution in [0.15, 0.2) is 0 Å². The molecule has 0 atom stereocenters. The summed E-state index contributed by atoms with van der Waals surface area (Å²) in [7, 11) is 0. The number of hydrogen-bond donors (Lipinski definition) is 3. The van der Waals surface area contributed by atoms with E-state index in [-0.39, 0.29) is 5.41 Å². The van der Waals surface area contributed by atoms with E-state index in [2.05, 4.69) is 36.5 Å². The summed E-state index contributed by atoms with van der Waals surface area (Å²) in [5.41, 5.74) is 3.64. The molecule has 3 rings (SSSR count). The van der Waals surface area contributed by atoms with Crippen LogP contribution >= 0.6 is 0 Å². The van der Waals surface area contributed by atoms with Gasteiger partial charge in [0.1, 0.15) is 17.5 Å². The van der Waals surface area contributed by atoms with Crippen molar-refractivity contribution < 1.29 is 0 Å². The van der Waals surface area contributed by atoms with E-state index in [1.165, 1.54) is 25.7 Å². The fourth-order valence-corrected chi connectivity index (χ4v) is 2.82.